The number of aliphatic carboxylic acids is 1. The molecule has 2 aromatic carbocycles. The number of amides is 2. The van der Waals surface area contributed by atoms with Gasteiger partial charge in [-0.05, 0) is 47.9 Å². The Bertz CT molecular complexity index is 991. The summed E-state index contributed by atoms with van der Waals surface area (Å²) in [5.74, 6) is -1.71. The van der Waals surface area contributed by atoms with Crippen LogP contribution in [0.4, 0.5) is 4.79 Å². The Kier molecular flexibility index (Phi) is 6.96. The molecule has 0 heterocycles. The topological polar surface area (TPSA) is 105 Å². The number of fused-ring (bicyclic) bond motifs is 3. The van der Waals surface area contributed by atoms with Gasteiger partial charge in [-0.1, -0.05) is 61.4 Å². The van der Waals surface area contributed by atoms with Gasteiger partial charge in [-0.25, -0.2) is 4.79 Å². The number of carboxylic acids is 1. The van der Waals surface area contributed by atoms with E-state index in [1.54, 1.807) is 6.92 Å². The summed E-state index contributed by atoms with van der Waals surface area (Å²) in [6, 6.07) is 15.4. The molecule has 1 fully saturated rings. The normalized spacial score (nSPS) is 20.3. The van der Waals surface area contributed by atoms with E-state index < -0.39 is 24.0 Å². The number of nitrogens with one attached hydrogen (secondary N) is 2. The van der Waals surface area contributed by atoms with Gasteiger partial charge in [-0.2, -0.15) is 0 Å². The molecule has 0 aromatic heterocycles. The van der Waals surface area contributed by atoms with Gasteiger partial charge in [0.25, 0.3) is 0 Å². The molecule has 0 spiro atoms. The smallest absolute Gasteiger partial charge is 0.407 e. The molecule has 2 aliphatic carbocycles. The summed E-state index contributed by atoms with van der Waals surface area (Å²) >= 11 is 0. The first kappa shape index (κ1) is 22.8. The van der Waals surface area contributed by atoms with Gasteiger partial charge in [0, 0.05) is 12.5 Å². The molecule has 4 rings (SSSR count). The van der Waals surface area contributed by atoms with E-state index in [1.165, 1.54) is 0 Å². The van der Waals surface area contributed by atoms with E-state index in [9.17, 15) is 19.5 Å². The Morgan fingerprint density at radius 2 is 1.61 bits per heavy atom. The molecule has 0 bridgehead atoms. The number of benzene rings is 2. The fourth-order valence-corrected chi connectivity index (χ4v) is 5.04. The second kappa shape index (κ2) is 10.1. The third-order valence-corrected chi connectivity index (χ3v) is 6.84. The molecule has 0 saturated heterocycles. The van der Waals surface area contributed by atoms with Crippen molar-refractivity contribution in [3.05, 3.63) is 59.7 Å². The molecule has 2 aromatic rings. The number of carbonyl (C=O) groups excluding carboxylic acids is 2. The van der Waals surface area contributed by atoms with E-state index >= 15 is 0 Å². The van der Waals surface area contributed by atoms with E-state index in [1.807, 2.05) is 36.4 Å². The van der Waals surface area contributed by atoms with Crippen LogP contribution in [0.1, 0.15) is 49.7 Å². The SMILES string of the molecule is C[C@H](NC(=O)OCC1c2ccccc2-c2ccccc21)C(=O)NC[C@@H]1CCCC[C@@H]1C(=O)O. The van der Waals surface area contributed by atoms with Crippen molar-refractivity contribution in [3.63, 3.8) is 0 Å². The summed E-state index contributed by atoms with van der Waals surface area (Å²) in [6.45, 7) is 2.06. The van der Waals surface area contributed by atoms with Gasteiger partial charge in [0.05, 0.1) is 5.92 Å². The number of carbonyl (C=O) groups is 3. The van der Waals surface area contributed by atoms with Gasteiger partial charge in [-0.3, -0.25) is 9.59 Å². The average Bonchev–Trinajstić information content (AvgIpc) is 3.15. The van der Waals surface area contributed by atoms with Crippen molar-refractivity contribution in [2.24, 2.45) is 11.8 Å². The molecule has 33 heavy (non-hydrogen) atoms. The maximum Gasteiger partial charge on any atom is 0.407 e. The van der Waals surface area contributed by atoms with E-state index in [4.69, 9.17) is 4.74 Å². The number of hydrogen-bond donors (Lipinski definition) is 3. The Labute approximate surface area is 193 Å². The Balaban J connectivity index is 1.28. The predicted molar refractivity (Wildman–Crippen MR) is 124 cm³/mol. The van der Waals surface area contributed by atoms with Gasteiger partial charge in [0.1, 0.15) is 12.6 Å². The largest absolute Gasteiger partial charge is 0.481 e. The van der Waals surface area contributed by atoms with Crippen molar-refractivity contribution < 1.29 is 24.2 Å². The van der Waals surface area contributed by atoms with Crippen molar-refractivity contribution in [1.29, 1.82) is 0 Å². The van der Waals surface area contributed by atoms with Crippen molar-refractivity contribution in [2.75, 3.05) is 13.2 Å². The van der Waals surface area contributed by atoms with Crippen molar-refractivity contribution in [3.8, 4) is 11.1 Å². The molecule has 2 amide bonds. The van der Waals surface area contributed by atoms with Gasteiger partial charge in [0.15, 0.2) is 0 Å². The lowest BCUT2D eigenvalue weighted by Crippen LogP contribution is -2.47. The first-order chi connectivity index (χ1) is 16.0. The first-order valence-electron chi connectivity index (χ1n) is 11.6. The minimum Gasteiger partial charge on any atom is -0.481 e. The number of rotatable bonds is 7. The van der Waals surface area contributed by atoms with Gasteiger partial charge < -0.3 is 20.5 Å². The van der Waals surface area contributed by atoms with E-state index in [0.717, 1.165) is 41.5 Å². The van der Waals surface area contributed by atoms with Gasteiger partial charge in [0.2, 0.25) is 5.91 Å². The molecule has 7 nitrogen and oxygen atoms in total. The molecule has 0 unspecified atom stereocenters. The Morgan fingerprint density at radius 1 is 1.00 bits per heavy atom. The third kappa shape index (κ3) is 5.02. The van der Waals surface area contributed by atoms with Crippen LogP contribution in [0.25, 0.3) is 11.1 Å². The molecule has 0 aliphatic heterocycles. The van der Waals surface area contributed by atoms with E-state index in [2.05, 4.69) is 22.8 Å². The van der Waals surface area contributed by atoms with Crippen LogP contribution in [0, 0.1) is 11.8 Å². The maximum absolute atomic E-state index is 12.5. The van der Waals surface area contributed by atoms with Crippen LogP contribution in [0.2, 0.25) is 0 Å². The zero-order valence-electron chi connectivity index (χ0n) is 18.8. The van der Waals surface area contributed by atoms with Crippen molar-refractivity contribution >= 4 is 18.0 Å². The highest BCUT2D eigenvalue weighted by atomic mass is 16.5. The highest BCUT2D eigenvalue weighted by Gasteiger charge is 2.32. The lowest BCUT2D eigenvalue weighted by Gasteiger charge is -2.29. The van der Waals surface area contributed by atoms with Crippen LogP contribution in [0.15, 0.2) is 48.5 Å². The van der Waals surface area contributed by atoms with Crippen LogP contribution in [0.3, 0.4) is 0 Å². The summed E-state index contributed by atoms with van der Waals surface area (Å²) in [5.41, 5.74) is 4.55. The second-order valence-corrected chi connectivity index (χ2v) is 8.93. The summed E-state index contributed by atoms with van der Waals surface area (Å²) in [5, 5.41) is 14.8. The van der Waals surface area contributed by atoms with E-state index in [0.29, 0.717) is 13.0 Å². The van der Waals surface area contributed by atoms with Crippen LogP contribution in [0.5, 0.6) is 0 Å². The minimum atomic E-state index is -0.807. The van der Waals surface area contributed by atoms with Crippen molar-refractivity contribution in [2.45, 2.75) is 44.6 Å². The van der Waals surface area contributed by atoms with Crippen LogP contribution >= 0.6 is 0 Å². The Hall–Kier alpha value is -3.35. The summed E-state index contributed by atoms with van der Waals surface area (Å²) < 4.78 is 5.50. The standard InChI is InChI=1S/C26H30N2O5/c1-16(24(29)27-14-17-8-2-3-9-18(17)25(30)31)28-26(32)33-15-23-21-12-6-4-10-19(21)20-11-5-7-13-22(20)23/h4-7,10-13,16-18,23H,2-3,8-9,14-15H2,1H3,(H,27,29)(H,28,32)(H,30,31)/t16-,17-,18-/m0/s1. The molecular formula is C26H30N2O5. The average molecular weight is 451 g/mol. The van der Waals surface area contributed by atoms with E-state index in [-0.39, 0.29) is 24.3 Å². The number of alkyl carbamates (subject to hydrolysis) is 1. The van der Waals surface area contributed by atoms with Gasteiger partial charge in [-0.15, -0.1) is 0 Å². The highest BCUT2D eigenvalue weighted by molar-refractivity contribution is 5.85. The summed E-state index contributed by atoms with van der Waals surface area (Å²) in [6.07, 6.45) is 2.65. The molecular weight excluding hydrogens is 420 g/mol. The number of carboxylic acid groups (broad SMARTS) is 1. The predicted octanol–water partition coefficient (Wildman–Crippen LogP) is 3.92. The molecule has 3 N–H and O–H groups in total. The molecule has 1 saturated carbocycles. The van der Waals surface area contributed by atoms with Crippen molar-refractivity contribution in [1.82, 2.24) is 10.6 Å². The van der Waals surface area contributed by atoms with Gasteiger partial charge >= 0.3 is 12.1 Å². The summed E-state index contributed by atoms with van der Waals surface area (Å²) in [7, 11) is 0. The fraction of sp³-hybridized carbons (Fsp3) is 0.423. The molecule has 3 atom stereocenters. The quantitative estimate of drug-likeness (QED) is 0.593. The molecule has 2 aliphatic rings. The highest BCUT2D eigenvalue weighted by Crippen LogP contribution is 2.44. The number of ether oxygens (including phenoxy) is 1. The third-order valence-electron chi connectivity index (χ3n) is 6.84. The molecule has 7 heteroatoms. The molecule has 0 radical (unpaired) electrons. The van der Waals surface area contributed by atoms with Crippen LogP contribution < -0.4 is 10.6 Å². The lowest BCUT2D eigenvalue weighted by molar-refractivity contribution is -0.145. The fourth-order valence-electron chi connectivity index (χ4n) is 5.04. The minimum absolute atomic E-state index is 0.0495. The monoisotopic (exact) mass is 450 g/mol. The number of hydrogen-bond acceptors (Lipinski definition) is 4. The second-order valence-electron chi connectivity index (χ2n) is 8.93. The maximum atomic E-state index is 12.5. The lowest BCUT2D eigenvalue weighted by atomic mass is 9.79. The first-order valence-corrected chi connectivity index (χ1v) is 11.6. The zero-order chi connectivity index (χ0) is 23.4. The summed E-state index contributed by atoms with van der Waals surface area (Å²) in [4.78, 5) is 36.3. The zero-order valence-corrected chi connectivity index (χ0v) is 18.8. The van der Waals surface area contributed by atoms with Crippen LogP contribution in [-0.2, 0) is 14.3 Å². The van der Waals surface area contributed by atoms with Crippen LogP contribution in [-0.4, -0.2) is 42.3 Å². The Morgan fingerprint density at radius 3 is 2.24 bits per heavy atom. The molecule has 174 valence electrons.